The number of hydrogen-bond donors (Lipinski definition) is 0. The van der Waals surface area contributed by atoms with Crippen LogP contribution in [-0.4, -0.2) is 16.5 Å². The fourth-order valence-corrected chi connectivity index (χ4v) is 5.28. The van der Waals surface area contributed by atoms with Crippen LogP contribution in [0.1, 0.15) is 30.5 Å². The Labute approximate surface area is 186 Å². The van der Waals surface area contributed by atoms with Gasteiger partial charge in [0.15, 0.2) is 10.8 Å². The van der Waals surface area contributed by atoms with Gasteiger partial charge in [0.25, 0.3) is 0 Å². The van der Waals surface area contributed by atoms with Crippen molar-refractivity contribution < 1.29 is 4.79 Å². The normalized spacial score (nSPS) is 19.8. The molecule has 0 aliphatic carbocycles. The van der Waals surface area contributed by atoms with Gasteiger partial charge in [-0.15, -0.1) is 0 Å². The van der Waals surface area contributed by atoms with E-state index in [1.165, 1.54) is 17.3 Å². The lowest BCUT2D eigenvalue weighted by atomic mass is 9.98. The van der Waals surface area contributed by atoms with Crippen molar-refractivity contribution in [3.05, 3.63) is 95.6 Å². The maximum absolute atomic E-state index is 12.5. The van der Waals surface area contributed by atoms with Crippen molar-refractivity contribution in [3.8, 4) is 0 Å². The number of nitrogens with zero attached hydrogens (tertiary/aromatic N) is 4. The van der Waals surface area contributed by atoms with Crippen molar-refractivity contribution in [1.82, 2.24) is 0 Å². The van der Waals surface area contributed by atoms with E-state index in [1.807, 2.05) is 71.5 Å². The largest absolute Gasteiger partial charge is 0.292 e. The van der Waals surface area contributed by atoms with E-state index in [0.717, 1.165) is 28.2 Å². The third-order valence-corrected chi connectivity index (χ3v) is 6.92. The summed E-state index contributed by atoms with van der Waals surface area (Å²) in [7, 11) is 0. The molecule has 5 rings (SSSR count). The van der Waals surface area contributed by atoms with Crippen molar-refractivity contribution in [2.75, 3.05) is 10.0 Å². The van der Waals surface area contributed by atoms with Gasteiger partial charge in [-0.05, 0) is 49.9 Å². The summed E-state index contributed by atoms with van der Waals surface area (Å²) in [5.74, 6) is -0.0595. The van der Waals surface area contributed by atoms with E-state index < -0.39 is 4.99 Å². The van der Waals surface area contributed by atoms with Gasteiger partial charge in [0, 0.05) is 18.1 Å². The lowest BCUT2D eigenvalue weighted by molar-refractivity contribution is -0.110. The third kappa shape index (κ3) is 3.06. The molecule has 0 N–H and O–H groups in total. The molecule has 0 fully saturated rings. The summed E-state index contributed by atoms with van der Waals surface area (Å²) < 4.78 is 0. The van der Waals surface area contributed by atoms with E-state index in [0.29, 0.717) is 5.04 Å². The molecule has 2 heterocycles. The SMILES string of the molecule is CC(=O)C1=NN(c2ccc(C)cc2)C2(S1)c1ccccc1C(C)=NN2c1ccccc1. The van der Waals surface area contributed by atoms with Crippen molar-refractivity contribution in [3.63, 3.8) is 0 Å². The molecule has 0 aromatic heterocycles. The van der Waals surface area contributed by atoms with E-state index in [9.17, 15) is 4.79 Å². The third-order valence-electron chi connectivity index (χ3n) is 5.50. The summed E-state index contributed by atoms with van der Waals surface area (Å²) in [4.78, 5) is 11.6. The second-order valence-corrected chi connectivity index (χ2v) is 8.86. The molecule has 6 heteroatoms. The standard InChI is InChI=1S/C25H22N4OS/c1-17-13-15-21(16-14-17)29-25(31-24(27-29)19(3)30)23-12-8-7-11-22(23)18(2)26-28(25)20-9-5-4-6-10-20/h4-16H,1-3H3. The van der Waals surface area contributed by atoms with Crippen molar-refractivity contribution >= 4 is 39.7 Å². The lowest BCUT2D eigenvalue weighted by Crippen LogP contribution is -2.53. The van der Waals surface area contributed by atoms with Crippen molar-refractivity contribution in [1.29, 1.82) is 0 Å². The van der Waals surface area contributed by atoms with Crippen LogP contribution in [0.3, 0.4) is 0 Å². The molecule has 1 spiro atoms. The van der Waals surface area contributed by atoms with E-state index >= 15 is 0 Å². The van der Waals surface area contributed by atoms with Crippen LogP contribution in [0.2, 0.25) is 0 Å². The number of thioether (sulfide) groups is 1. The predicted molar refractivity (Wildman–Crippen MR) is 129 cm³/mol. The summed E-state index contributed by atoms with van der Waals surface area (Å²) in [5.41, 5.74) is 6.03. The monoisotopic (exact) mass is 426 g/mol. The summed E-state index contributed by atoms with van der Waals surface area (Å²) in [5, 5.41) is 14.2. The predicted octanol–water partition coefficient (Wildman–Crippen LogP) is 5.51. The Morgan fingerprint density at radius 2 is 1.42 bits per heavy atom. The number of Topliss-reactive ketones (excluding diaryl/α,β-unsaturated/α-hetero) is 1. The zero-order valence-electron chi connectivity index (χ0n) is 17.6. The fourth-order valence-electron chi connectivity index (χ4n) is 3.99. The van der Waals surface area contributed by atoms with Crippen LogP contribution in [-0.2, 0) is 9.79 Å². The highest BCUT2D eigenvalue weighted by molar-refractivity contribution is 8.17. The van der Waals surface area contributed by atoms with Crippen LogP contribution < -0.4 is 10.0 Å². The Balaban J connectivity index is 1.81. The smallest absolute Gasteiger partial charge is 0.234 e. The van der Waals surface area contributed by atoms with E-state index in [1.54, 1.807) is 6.92 Å². The van der Waals surface area contributed by atoms with Gasteiger partial charge in [-0.1, -0.05) is 60.2 Å². The summed E-state index contributed by atoms with van der Waals surface area (Å²) >= 11 is 1.44. The van der Waals surface area contributed by atoms with Gasteiger partial charge in [-0.3, -0.25) is 4.79 Å². The zero-order valence-corrected chi connectivity index (χ0v) is 18.4. The van der Waals surface area contributed by atoms with Crippen LogP contribution >= 0.6 is 11.8 Å². The average Bonchev–Trinajstić information content (AvgIpc) is 3.19. The fraction of sp³-hybridized carbons (Fsp3) is 0.160. The molecule has 1 atom stereocenters. The molecular formula is C25H22N4OS. The molecule has 0 radical (unpaired) electrons. The molecule has 2 aliphatic heterocycles. The van der Waals surface area contributed by atoms with Gasteiger partial charge < -0.3 is 0 Å². The lowest BCUT2D eigenvalue weighted by Gasteiger charge is -2.46. The van der Waals surface area contributed by atoms with Crippen LogP contribution in [0, 0.1) is 6.92 Å². The number of carbonyl (C=O) groups is 1. The molecule has 3 aromatic rings. The first kappa shape index (κ1) is 19.6. The van der Waals surface area contributed by atoms with Gasteiger partial charge in [0.2, 0.25) is 4.99 Å². The molecular weight excluding hydrogens is 404 g/mol. The van der Waals surface area contributed by atoms with Crippen molar-refractivity contribution in [2.45, 2.75) is 25.8 Å². The highest BCUT2D eigenvalue weighted by atomic mass is 32.2. The molecule has 3 aromatic carbocycles. The number of hydrogen-bond acceptors (Lipinski definition) is 6. The molecule has 0 bridgehead atoms. The topological polar surface area (TPSA) is 48.3 Å². The maximum Gasteiger partial charge on any atom is 0.234 e. The molecule has 0 saturated heterocycles. The zero-order chi connectivity index (χ0) is 21.6. The van der Waals surface area contributed by atoms with Gasteiger partial charge in [0.1, 0.15) is 0 Å². The minimum Gasteiger partial charge on any atom is -0.292 e. The first-order valence-electron chi connectivity index (χ1n) is 10.2. The molecule has 31 heavy (non-hydrogen) atoms. The number of fused-ring (bicyclic) bond motifs is 2. The molecule has 5 nitrogen and oxygen atoms in total. The number of hydrazone groups is 2. The second kappa shape index (κ2) is 7.39. The quantitative estimate of drug-likeness (QED) is 0.554. The highest BCUT2D eigenvalue weighted by Crippen LogP contribution is 2.54. The number of para-hydroxylation sites is 1. The summed E-state index contributed by atoms with van der Waals surface area (Å²) in [6.07, 6.45) is 0. The Bertz CT molecular complexity index is 1220. The van der Waals surface area contributed by atoms with Crippen LogP contribution in [0.5, 0.6) is 0 Å². The Morgan fingerprint density at radius 1 is 0.806 bits per heavy atom. The van der Waals surface area contributed by atoms with Gasteiger partial charge in [0.05, 0.1) is 17.1 Å². The molecule has 1 unspecified atom stereocenters. The van der Waals surface area contributed by atoms with E-state index in [2.05, 4.69) is 31.2 Å². The summed E-state index contributed by atoms with van der Waals surface area (Å²) in [6.45, 7) is 5.64. The van der Waals surface area contributed by atoms with Crippen molar-refractivity contribution in [2.24, 2.45) is 10.2 Å². The van der Waals surface area contributed by atoms with Crippen LogP contribution in [0.4, 0.5) is 11.4 Å². The average molecular weight is 427 g/mol. The number of anilines is 2. The first-order valence-corrected chi connectivity index (χ1v) is 11.0. The molecule has 0 amide bonds. The second-order valence-electron chi connectivity index (χ2n) is 7.70. The van der Waals surface area contributed by atoms with Crippen LogP contribution in [0.25, 0.3) is 0 Å². The molecule has 0 saturated carbocycles. The number of benzene rings is 3. The minimum absolute atomic E-state index is 0.0595. The van der Waals surface area contributed by atoms with E-state index in [-0.39, 0.29) is 5.78 Å². The van der Waals surface area contributed by atoms with Crippen LogP contribution in [0.15, 0.2) is 89.1 Å². The van der Waals surface area contributed by atoms with Gasteiger partial charge in [-0.25, -0.2) is 10.0 Å². The molecule has 2 aliphatic rings. The summed E-state index contributed by atoms with van der Waals surface area (Å²) in [6, 6.07) is 26.5. The van der Waals surface area contributed by atoms with E-state index in [4.69, 9.17) is 10.2 Å². The van der Waals surface area contributed by atoms with Gasteiger partial charge in [-0.2, -0.15) is 10.2 Å². The first-order chi connectivity index (χ1) is 15.0. The Morgan fingerprint density at radius 3 is 2.13 bits per heavy atom. The number of ketones is 1. The number of carbonyl (C=O) groups excluding carboxylic acids is 1. The minimum atomic E-state index is -0.853. The number of rotatable bonds is 3. The molecule has 154 valence electrons. The highest BCUT2D eigenvalue weighted by Gasteiger charge is 2.55. The number of aryl methyl sites for hydroxylation is 1. The Hall–Kier alpha value is -3.38. The maximum atomic E-state index is 12.5. The van der Waals surface area contributed by atoms with Gasteiger partial charge >= 0.3 is 0 Å². The Kier molecular flexibility index (Phi) is 4.67.